The van der Waals surface area contributed by atoms with Crippen LogP contribution in [-0.4, -0.2) is 37.4 Å². The van der Waals surface area contributed by atoms with Gasteiger partial charge >= 0.3 is 0 Å². The average molecular weight is 219 g/mol. The van der Waals surface area contributed by atoms with E-state index in [2.05, 4.69) is 0 Å². The highest BCUT2D eigenvalue weighted by atomic mass is 32.2. The molecule has 3 N–H and O–H groups in total. The monoisotopic (exact) mass is 219 g/mol. The fourth-order valence-electron chi connectivity index (χ4n) is 1.14. The maximum Gasteiger partial charge on any atom is 0.214 e. The summed E-state index contributed by atoms with van der Waals surface area (Å²) in [5.74, 6) is 0.398. The van der Waals surface area contributed by atoms with E-state index in [9.17, 15) is 8.42 Å². The van der Waals surface area contributed by atoms with Crippen LogP contribution in [0.2, 0.25) is 0 Å². The Morgan fingerprint density at radius 2 is 2.14 bits per heavy atom. The lowest BCUT2D eigenvalue weighted by Gasteiger charge is -2.22. The highest BCUT2D eigenvalue weighted by molar-refractivity contribution is 7.89. The lowest BCUT2D eigenvalue weighted by atomic mass is 10.3. The Balaban J connectivity index is 2.65. The Bertz CT molecular complexity index is 321. The van der Waals surface area contributed by atoms with E-state index in [1.54, 1.807) is 6.92 Å². The standard InChI is InChI=1S/C8H17N3O2S/c1-6(8(9)10)11(2)14(12,13)5-7-3-4-7/h6-7H,3-5H2,1-2H3,(H3,9,10). The van der Waals surface area contributed by atoms with Gasteiger partial charge < -0.3 is 5.73 Å². The zero-order chi connectivity index (χ0) is 10.9. The summed E-state index contributed by atoms with van der Waals surface area (Å²) in [5, 5.41) is 7.18. The van der Waals surface area contributed by atoms with Crippen molar-refractivity contribution < 1.29 is 8.42 Å². The van der Waals surface area contributed by atoms with Gasteiger partial charge in [-0.25, -0.2) is 8.42 Å². The number of nitrogens with one attached hydrogen (secondary N) is 1. The van der Waals surface area contributed by atoms with Gasteiger partial charge in [0.25, 0.3) is 0 Å². The van der Waals surface area contributed by atoms with Crippen molar-refractivity contribution in [2.45, 2.75) is 25.8 Å². The van der Waals surface area contributed by atoms with Gasteiger partial charge in [0.1, 0.15) is 5.84 Å². The van der Waals surface area contributed by atoms with Gasteiger partial charge in [-0.3, -0.25) is 5.41 Å². The van der Waals surface area contributed by atoms with E-state index in [4.69, 9.17) is 11.1 Å². The fourth-order valence-corrected chi connectivity index (χ4v) is 2.90. The largest absolute Gasteiger partial charge is 0.386 e. The van der Waals surface area contributed by atoms with Crippen molar-refractivity contribution in [3.8, 4) is 0 Å². The van der Waals surface area contributed by atoms with Crippen molar-refractivity contribution in [1.29, 1.82) is 5.41 Å². The first-order chi connectivity index (χ1) is 6.34. The zero-order valence-corrected chi connectivity index (χ0v) is 9.34. The summed E-state index contributed by atoms with van der Waals surface area (Å²) in [6, 6.07) is -0.543. The number of sulfonamides is 1. The summed E-state index contributed by atoms with van der Waals surface area (Å²) in [6.07, 6.45) is 2.00. The number of rotatable bonds is 5. The Morgan fingerprint density at radius 3 is 2.50 bits per heavy atom. The summed E-state index contributed by atoms with van der Waals surface area (Å²) < 4.78 is 24.6. The molecule has 5 nitrogen and oxygen atoms in total. The molecule has 0 bridgehead atoms. The number of nitrogens with two attached hydrogens (primary N) is 1. The molecule has 1 aliphatic carbocycles. The molecule has 1 unspecified atom stereocenters. The second-order valence-corrected chi connectivity index (χ2v) is 5.94. The molecule has 14 heavy (non-hydrogen) atoms. The lowest BCUT2D eigenvalue weighted by molar-refractivity contribution is 0.446. The van der Waals surface area contributed by atoms with Gasteiger partial charge in [0.2, 0.25) is 10.0 Å². The SMILES string of the molecule is CC(C(=N)N)N(C)S(=O)(=O)CC1CC1. The lowest BCUT2D eigenvalue weighted by Crippen LogP contribution is -2.44. The predicted molar refractivity (Wildman–Crippen MR) is 55.6 cm³/mol. The quantitative estimate of drug-likeness (QED) is 0.503. The highest BCUT2D eigenvalue weighted by Gasteiger charge is 2.32. The third-order valence-electron chi connectivity index (χ3n) is 2.58. The molecule has 1 aliphatic rings. The van der Waals surface area contributed by atoms with Crippen LogP contribution in [0.1, 0.15) is 19.8 Å². The Labute approximate surface area is 84.8 Å². The molecule has 1 fully saturated rings. The normalized spacial score (nSPS) is 19.6. The molecular weight excluding hydrogens is 202 g/mol. The first-order valence-corrected chi connectivity index (χ1v) is 6.25. The number of hydrogen-bond donors (Lipinski definition) is 2. The van der Waals surface area contributed by atoms with Crippen molar-refractivity contribution in [2.75, 3.05) is 12.8 Å². The van der Waals surface area contributed by atoms with Crippen LogP contribution in [0.5, 0.6) is 0 Å². The summed E-state index contributed by atoms with van der Waals surface area (Å²) in [6.45, 7) is 1.62. The molecule has 1 saturated carbocycles. The summed E-state index contributed by atoms with van der Waals surface area (Å²) in [7, 11) is -1.75. The van der Waals surface area contributed by atoms with Crippen molar-refractivity contribution >= 4 is 15.9 Å². The van der Waals surface area contributed by atoms with E-state index in [1.807, 2.05) is 0 Å². The van der Waals surface area contributed by atoms with Crippen LogP contribution >= 0.6 is 0 Å². The molecule has 82 valence electrons. The summed E-state index contributed by atoms with van der Waals surface area (Å²) >= 11 is 0. The van der Waals surface area contributed by atoms with Gasteiger partial charge in [-0.15, -0.1) is 0 Å². The first-order valence-electron chi connectivity index (χ1n) is 4.64. The minimum atomic E-state index is -3.23. The van der Waals surface area contributed by atoms with Crippen molar-refractivity contribution in [3.05, 3.63) is 0 Å². The number of amidine groups is 1. The molecule has 0 radical (unpaired) electrons. The van der Waals surface area contributed by atoms with E-state index < -0.39 is 16.1 Å². The molecule has 0 aromatic carbocycles. The third-order valence-corrected chi connectivity index (χ3v) is 4.66. The van der Waals surface area contributed by atoms with Crippen LogP contribution in [0.3, 0.4) is 0 Å². The number of hydrogen-bond acceptors (Lipinski definition) is 3. The van der Waals surface area contributed by atoms with E-state index in [0.29, 0.717) is 5.92 Å². The summed E-state index contributed by atoms with van der Waals surface area (Å²) in [4.78, 5) is 0. The van der Waals surface area contributed by atoms with Gasteiger partial charge in [0.05, 0.1) is 11.8 Å². The van der Waals surface area contributed by atoms with E-state index in [1.165, 1.54) is 11.4 Å². The first kappa shape index (κ1) is 11.5. The third kappa shape index (κ3) is 2.68. The molecule has 0 aliphatic heterocycles. The van der Waals surface area contributed by atoms with Gasteiger partial charge in [0, 0.05) is 7.05 Å². The summed E-state index contributed by atoms with van der Waals surface area (Å²) in [5.41, 5.74) is 5.26. The van der Waals surface area contributed by atoms with Crippen molar-refractivity contribution in [3.63, 3.8) is 0 Å². The molecule has 1 rings (SSSR count). The molecule has 0 saturated heterocycles. The topological polar surface area (TPSA) is 87.2 Å². The highest BCUT2D eigenvalue weighted by Crippen LogP contribution is 2.31. The Morgan fingerprint density at radius 1 is 1.64 bits per heavy atom. The van der Waals surface area contributed by atoms with Crippen LogP contribution in [0.15, 0.2) is 0 Å². The predicted octanol–water partition coefficient (Wildman–Crippen LogP) is -0.0175. The molecule has 0 heterocycles. The Kier molecular flexibility index (Phi) is 3.16. The molecule has 1 atom stereocenters. The molecule has 0 amide bonds. The number of nitrogens with zero attached hydrogens (tertiary/aromatic N) is 1. The minimum Gasteiger partial charge on any atom is -0.386 e. The zero-order valence-electron chi connectivity index (χ0n) is 8.53. The van der Waals surface area contributed by atoms with Gasteiger partial charge in [-0.1, -0.05) is 0 Å². The van der Waals surface area contributed by atoms with Crippen molar-refractivity contribution in [1.82, 2.24) is 4.31 Å². The minimum absolute atomic E-state index is 0.119. The maximum absolute atomic E-state index is 11.7. The van der Waals surface area contributed by atoms with E-state index in [-0.39, 0.29) is 11.6 Å². The second kappa shape index (κ2) is 3.86. The van der Waals surface area contributed by atoms with Gasteiger partial charge in [0.15, 0.2) is 0 Å². The van der Waals surface area contributed by atoms with Gasteiger partial charge in [-0.05, 0) is 25.7 Å². The smallest absolute Gasteiger partial charge is 0.214 e. The van der Waals surface area contributed by atoms with E-state index in [0.717, 1.165) is 12.8 Å². The number of likely N-dealkylation sites (N-methyl/N-ethyl adjacent to an activating group) is 1. The molecule has 0 aromatic heterocycles. The van der Waals surface area contributed by atoms with Crippen LogP contribution in [0.25, 0.3) is 0 Å². The molecule has 6 heteroatoms. The average Bonchev–Trinajstić information content (AvgIpc) is 2.84. The van der Waals surface area contributed by atoms with Gasteiger partial charge in [-0.2, -0.15) is 4.31 Å². The van der Waals surface area contributed by atoms with Crippen LogP contribution in [-0.2, 0) is 10.0 Å². The molecule has 0 aromatic rings. The van der Waals surface area contributed by atoms with Crippen LogP contribution < -0.4 is 5.73 Å². The van der Waals surface area contributed by atoms with Crippen LogP contribution in [0.4, 0.5) is 0 Å². The maximum atomic E-state index is 11.7. The second-order valence-electron chi connectivity index (χ2n) is 3.87. The van der Waals surface area contributed by atoms with Crippen molar-refractivity contribution in [2.24, 2.45) is 11.7 Å². The van der Waals surface area contributed by atoms with Crippen LogP contribution in [0, 0.1) is 11.3 Å². The molecular formula is C8H17N3O2S. The Hall–Kier alpha value is -0.620. The fraction of sp³-hybridized carbons (Fsp3) is 0.875. The van der Waals surface area contributed by atoms with E-state index >= 15 is 0 Å². The molecule has 0 spiro atoms.